The maximum Gasteiger partial charge on any atom is 0.310 e. The summed E-state index contributed by atoms with van der Waals surface area (Å²) in [7, 11) is 2.22. The number of methoxy groups -OCH3 is 1. The molecule has 1 heterocycles. The number of likely N-dealkylation sites (tertiary alicyclic amines) is 1. The van der Waals surface area contributed by atoms with Gasteiger partial charge in [-0.2, -0.15) is 0 Å². The zero-order valence-electron chi connectivity index (χ0n) is 15.1. The largest absolute Gasteiger partial charge is 0.469 e. The molecule has 0 saturated carbocycles. The number of hydrogen-bond donors (Lipinski definition) is 1. The maximum absolute atomic E-state index is 12.2. The lowest BCUT2D eigenvalue weighted by atomic mass is 9.99. The van der Waals surface area contributed by atoms with Gasteiger partial charge in [-0.05, 0) is 11.5 Å². The fourth-order valence-electron chi connectivity index (χ4n) is 3.04. The number of esters is 1. The Morgan fingerprint density at radius 2 is 2.08 bits per heavy atom. The van der Waals surface area contributed by atoms with Crippen molar-refractivity contribution in [1.29, 1.82) is 0 Å². The molecule has 2 rings (SSSR count). The first kappa shape index (κ1) is 19.4. The summed E-state index contributed by atoms with van der Waals surface area (Å²) < 4.78 is 17.1. The molecule has 0 spiro atoms. The summed E-state index contributed by atoms with van der Waals surface area (Å²) in [5.74, 6) is 1.78. The van der Waals surface area contributed by atoms with Crippen LogP contribution in [0.5, 0.6) is 0 Å². The molecule has 1 aliphatic heterocycles. The summed E-state index contributed by atoms with van der Waals surface area (Å²) in [6.07, 6.45) is 0. The molecular formula is C18H27N3O3S. The number of ether oxygens (including phenoxy) is 1. The third-order valence-corrected chi connectivity index (χ3v) is 5.73. The summed E-state index contributed by atoms with van der Waals surface area (Å²) in [6, 6.07) is 9.85. The van der Waals surface area contributed by atoms with E-state index in [9.17, 15) is 9.00 Å². The average molecular weight is 365 g/mol. The molecule has 0 radical (unpaired) electrons. The molecule has 0 aliphatic carbocycles. The lowest BCUT2D eigenvalue weighted by Gasteiger charge is -2.21. The van der Waals surface area contributed by atoms with Crippen molar-refractivity contribution in [3.05, 3.63) is 35.9 Å². The first-order valence-electron chi connectivity index (χ1n) is 8.47. The molecular weight excluding hydrogens is 338 g/mol. The van der Waals surface area contributed by atoms with Crippen LogP contribution in [-0.2, 0) is 26.1 Å². The van der Waals surface area contributed by atoms with Crippen molar-refractivity contribution < 1.29 is 13.7 Å². The second kappa shape index (κ2) is 9.56. The van der Waals surface area contributed by atoms with Crippen molar-refractivity contribution in [3.63, 3.8) is 0 Å². The summed E-state index contributed by atoms with van der Waals surface area (Å²) in [5.41, 5.74) is 1.08. The molecule has 7 heteroatoms. The van der Waals surface area contributed by atoms with Crippen LogP contribution < -0.4 is 5.32 Å². The summed E-state index contributed by atoms with van der Waals surface area (Å²) in [6.45, 7) is 3.98. The van der Waals surface area contributed by atoms with Gasteiger partial charge in [-0.25, -0.2) is 0 Å². The minimum absolute atomic E-state index is 0.129. The minimum atomic E-state index is -0.924. The van der Waals surface area contributed by atoms with Crippen molar-refractivity contribution in [3.8, 4) is 0 Å². The molecule has 3 unspecified atom stereocenters. The van der Waals surface area contributed by atoms with Gasteiger partial charge < -0.3 is 15.0 Å². The van der Waals surface area contributed by atoms with E-state index in [1.54, 1.807) is 7.05 Å². The molecule has 0 amide bonds. The highest BCUT2D eigenvalue weighted by atomic mass is 32.2. The number of aliphatic imine (C=N–C) groups is 1. The van der Waals surface area contributed by atoms with E-state index < -0.39 is 10.8 Å². The van der Waals surface area contributed by atoms with E-state index in [0.29, 0.717) is 24.6 Å². The van der Waals surface area contributed by atoms with Crippen LogP contribution in [0.3, 0.4) is 0 Å². The molecule has 3 atom stereocenters. The van der Waals surface area contributed by atoms with Gasteiger partial charge in [0.15, 0.2) is 5.96 Å². The van der Waals surface area contributed by atoms with E-state index >= 15 is 0 Å². The predicted octanol–water partition coefficient (Wildman–Crippen LogP) is 1.25. The molecule has 1 aromatic carbocycles. The number of rotatable bonds is 6. The number of nitrogens with one attached hydrogen (secondary N) is 1. The third kappa shape index (κ3) is 5.56. The fourth-order valence-corrected chi connectivity index (χ4v) is 4.08. The Hall–Kier alpha value is -1.89. The van der Waals surface area contributed by atoms with Gasteiger partial charge in [0, 0.05) is 49.0 Å². The van der Waals surface area contributed by atoms with E-state index in [4.69, 9.17) is 4.74 Å². The SMILES string of the molecule is CN=C(NCCS(=O)Cc1ccccc1)N1CC(C)C(C(=O)OC)C1. The van der Waals surface area contributed by atoms with Crippen LogP contribution >= 0.6 is 0 Å². The van der Waals surface area contributed by atoms with Crippen LogP contribution in [0.15, 0.2) is 35.3 Å². The third-order valence-electron chi connectivity index (χ3n) is 4.41. The van der Waals surface area contributed by atoms with E-state index in [1.807, 2.05) is 37.3 Å². The highest BCUT2D eigenvalue weighted by Gasteiger charge is 2.36. The Kier molecular flexibility index (Phi) is 7.43. The number of nitrogens with zero attached hydrogens (tertiary/aromatic N) is 2. The molecule has 138 valence electrons. The van der Waals surface area contributed by atoms with E-state index in [2.05, 4.69) is 15.2 Å². The van der Waals surface area contributed by atoms with E-state index in [-0.39, 0.29) is 17.8 Å². The van der Waals surface area contributed by atoms with E-state index in [0.717, 1.165) is 18.1 Å². The van der Waals surface area contributed by atoms with Crippen molar-refractivity contribution >= 4 is 22.7 Å². The highest BCUT2D eigenvalue weighted by molar-refractivity contribution is 7.84. The van der Waals surface area contributed by atoms with Crippen LogP contribution in [0.4, 0.5) is 0 Å². The Bertz CT molecular complexity index is 621. The summed E-state index contributed by atoms with van der Waals surface area (Å²) in [5, 5.41) is 3.26. The van der Waals surface area contributed by atoms with Crippen LogP contribution in [0, 0.1) is 11.8 Å². The van der Waals surface area contributed by atoms with Gasteiger partial charge in [0.2, 0.25) is 0 Å². The van der Waals surface area contributed by atoms with Crippen molar-refractivity contribution in [2.45, 2.75) is 12.7 Å². The van der Waals surface area contributed by atoms with Gasteiger partial charge in [-0.1, -0.05) is 37.3 Å². The molecule has 0 aromatic heterocycles. The van der Waals surface area contributed by atoms with Crippen molar-refractivity contribution in [2.24, 2.45) is 16.8 Å². The number of carbonyl (C=O) groups excluding carboxylic acids is 1. The average Bonchev–Trinajstić information content (AvgIpc) is 3.00. The fraction of sp³-hybridized carbons (Fsp3) is 0.556. The molecule has 0 bridgehead atoms. The first-order chi connectivity index (χ1) is 12.0. The lowest BCUT2D eigenvalue weighted by molar-refractivity contribution is -0.145. The van der Waals surface area contributed by atoms with Gasteiger partial charge >= 0.3 is 5.97 Å². The normalized spacial score (nSPS) is 21.9. The Morgan fingerprint density at radius 1 is 1.36 bits per heavy atom. The Morgan fingerprint density at radius 3 is 2.72 bits per heavy atom. The minimum Gasteiger partial charge on any atom is -0.469 e. The van der Waals surface area contributed by atoms with Gasteiger partial charge in [0.25, 0.3) is 0 Å². The van der Waals surface area contributed by atoms with Gasteiger partial charge in [-0.15, -0.1) is 0 Å². The topological polar surface area (TPSA) is 71.0 Å². The van der Waals surface area contributed by atoms with Crippen molar-refractivity contribution in [2.75, 3.05) is 39.5 Å². The van der Waals surface area contributed by atoms with Gasteiger partial charge in [0.1, 0.15) is 0 Å². The number of benzene rings is 1. The van der Waals surface area contributed by atoms with E-state index in [1.165, 1.54) is 7.11 Å². The Balaban J connectivity index is 1.79. The molecule has 6 nitrogen and oxygen atoms in total. The first-order valence-corrected chi connectivity index (χ1v) is 9.96. The monoisotopic (exact) mass is 365 g/mol. The van der Waals surface area contributed by atoms with Crippen LogP contribution in [0.2, 0.25) is 0 Å². The quantitative estimate of drug-likeness (QED) is 0.467. The second-order valence-corrected chi connectivity index (χ2v) is 7.84. The maximum atomic E-state index is 12.2. The summed E-state index contributed by atoms with van der Waals surface area (Å²) in [4.78, 5) is 18.2. The molecule has 1 N–H and O–H groups in total. The van der Waals surface area contributed by atoms with Crippen LogP contribution in [-0.4, -0.2) is 60.6 Å². The van der Waals surface area contributed by atoms with Gasteiger partial charge in [0.05, 0.1) is 13.0 Å². The highest BCUT2D eigenvalue weighted by Crippen LogP contribution is 2.23. The lowest BCUT2D eigenvalue weighted by Crippen LogP contribution is -2.42. The number of carbonyl (C=O) groups is 1. The summed E-state index contributed by atoms with van der Waals surface area (Å²) >= 11 is 0. The molecule has 1 aliphatic rings. The van der Waals surface area contributed by atoms with Crippen LogP contribution in [0.25, 0.3) is 0 Å². The molecule has 25 heavy (non-hydrogen) atoms. The standard InChI is InChI=1S/C18H27N3O3S/c1-14-11-21(12-16(14)17(22)24-3)18(19-2)20-9-10-25(23)13-15-7-5-4-6-8-15/h4-8,14,16H,9-13H2,1-3H3,(H,19,20). The number of guanidine groups is 1. The van der Waals surface area contributed by atoms with Crippen LogP contribution in [0.1, 0.15) is 12.5 Å². The smallest absolute Gasteiger partial charge is 0.310 e. The predicted molar refractivity (Wildman–Crippen MR) is 101 cm³/mol. The molecule has 1 fully saturated rings. The second-order valence-electron chi connectivity index (χ2n) is 6.26. The Labute approximate surface area is 152 Å². The van der Waals surface area contributed by atoms with Gasteiger partial charge in [-0.3, -0.25) is 14.0 Å². The van der Waals surface area contributed by atoms with Crippen molar-refractivity contribution in [1.82, 2.24) is 10.2 Å². The number of hydrogen-bond acceptors (Lipinski definition) is 4. The molecule has 1 aromatic rings. The zero-order valence-corrected chi connectivity index (χ0v) is 15.9. The molecule has 1 saturated heterocycles. The zero-order chi connectivity index (χ0) is 18.2.